The minimum absolute atomic E-state index is 0.157. The number of rotatable bonds is 2. The van der Waals surface area contributed by atoms with Gasteiger partial charge in [0.2, 0.25) is 5.89 Å². The lowest BCUT2D eigenvalue weighted by atomic mass is 10.1. The second-order valence-electron chi connectivity index (χ2n) is 7.06. The molecule has 1 aromatic heterocycles. The van der Waals surface area contributed by atoms with Gasteiger partial charge in [-0.3, -0.25) is 0 Å². The molecule has 4 aromatic carbocycles. The third-order valence-corrected chi connectivity index (χ3v) is 5.19. The molecule has 5 aromatic rings. The van der Waals surface area contributed by atoms with Crippen molar-refractivity contribution in [1.82, 2.24) is 4.98 Å². The van der Waals surface area contributed by atoms with Gasteiger partial charge in [0, 0.05) is 11.3 Å². The third-order valence-electron chi connectivity index (χ3n) is 5.19. The first-order valence-electron chi connectivity index (χ1n) is 9.63. The third kappa shape index (κ3) is 2.53. The molecule has 0 radical (unpaired) electrons. The van der Waals surface area contributed by atoms with Crippen LogP contribution in [0.15, 0.2) is 95.4 Å². The lowest BCUT2D eigenvalue weighted by molar-refractivity contribution is 0.451. The van der Waals surface area contributed by atoms with Crippen LogP contribution in [0.2, 0.25) is 0 Å². The zero-order valence-corrected chi connectivity index (χ0v) is 15.8. The van der Waals surface area contributed by atoms with Crippen LogP contribution >= 0.6 is 0 Å². The van der Waals surface area contributed by atoms with E-state index in [1.165, 1.54) is 0 Å². The predicted octanol–water partition coefficient (Wildman–Crippen LogP) is 6.78. The molecule has 0 bridgehead atoms. The summed E-state index contributed by atoms with van der Waals surface area (Å²) in [5.41, 5.74) is 4.85. The molecule has 1 N–H and O–H groups in total. The van der Waals surface area contributed by atoms with E-state index < -0.39 is 0 Å². The Kier molecular flexibility index (Phi) is 3.55. The molecule has 0 fully saturated rings. The highest BCUT2D eigenvalue weighted by atomic mass is 16.5. The highest BCUT2D eigenvalue weighted by molar-refractivity contribution is 5.89. The van der Waals surface area contributed by atoms with E-state index in [1.54, 1.807) is 12.1 Å². The van der Waals surface area contributed by atoms with Crippen LogP contribution in [0.3, 0.4) is 0 Å². The van der Waals surface area contributed by atoms with Gasteiger partial charge in [-0.1, -0.05) is 30.3 Å². The quantitative estimate of drug-likeness (QED) is 0.352. The molecule has 6 rings (SSSR count). The molecule has 30 heavy (non-hydrogen) atoms. The lowest BCUT2D eigenvalue weighted by Gasteiger charge is -2.33. The van der Waals surface area contributed by atoms with Crippen LogP contribution < -0.4 is 9.64 Å². The molecule has 5 heteroatoms. The minimum atomic E-state index is 0.157. The Hall–Kier alpha value is -4.25. The molecule has 0 amide bonds. The summed E-state index contributed by atoms with van der Waals surface area (Å²) in [5, 5.41) is 10.6. The summed E-state index contributed by atoms with van der Waals surface area (Å²) in [6.07, 6.45) is 0. The summed E-state index contributed by atoms with van der Waals surface area (Å²) in [5.74, 6) is 2.08. The first kappa shape index (κ1) is 16.7. The van der Waals surface area contributed by atoms with Crippen LogP contribution in [0.4, 0.5) is 17.1 Å². The number of aromatic hydroxyl groups is 1. The monoisotopic (exact) mass is 392 g/mol. The highest BCUT2D eigenvalue weighted by Gasteiger charge is 2.28. The number of anilines is 3. The Morgan fingerprint density at radius 2 is 1.50 bits per heavy atom. The molecule has 144 valence electrons. The van der Waals surface area contributed by atoms with Crippen molar-refractivity contribution in [1.29, 1.82) is 0 Å². The first-order valence-corrected chi connectivity index (χ1v) is 9.63. The number of phenols is 1. The molecule has 0 aliphatic carbocycles. The number of hydrogen-bond acceptors (Lipinski definition) is 5. The van der Waals surface area contributed by atoms with E-state index in [4.69, 9.17) is 9.15 Å². The summed E-state index contributed by atoms with van der Waals surface area (Å²) >= 11 is 0. The van der Waals surface area contributed by atoms with Crippen molar-refractivity contribution >= 4 is 28.2 Å². The summed E-state index contributed by atoms with van der Waals surface area (Å²) in [4.78, 5) is 6.57. The van der Waals surface area contributed by atoms with E-state index in [-0.39, 0.29) is 5.75 Å². The van der Waals surface area contributed by atoms with Crippen LogP contribution in [0.1, 0.15) is 0 Å². The van der Waals surface area contributed by atoms with Gasteiger partial charge in [-0.05, 0) is 60.7 Å². The fourth-order valence-electron chi connectivity index (χ4n) is 3.80. The van der Waals surface area contributed by atoms with Crippen molar-refractivity contribution in [2.24, 2.45) is 0 Å². The van der Waals surface area contributed by atoms with Crippen molar-refractivity contribution in [3.05, 3.63) is 91.0 Å². The van der Waals surface area contributed by atoms with Gasteiger partial charge in [-0.2, -0.15) is 0 Å². The van der Waals surface area contributed by atoms with Crippen molar-refractivity contribution in [3.8, 4) is 28.7 Å². The maximum atomic E-state index is 10.6. The zero-order chi connectivity index (χ0) is 20.1. The molecule has 1 aliphatic rings. The Labute approximate surface area is 172 Å². The number of fused-ring (bicyclic) bond motifs is 3. The van der Waals surface area contributed by atoms with Gasteiger partial charge < -0.3 is 19.2 Å². The van der Waals surface area contributed by atoms with Crippen LogP contribution in [0.25, 0.3) is 22.6 Å². The predicted molar refractivity (Wildman–Crippen MR) is 116 cm³/mol. The van der Waals surface area contributed by atoms with Gasteiger partial charge in [-0.15, -0.1) is 0 Å². The summed E-state index contributed by atoms with van der Waals surface area (Å²) in [7, 11) is 0. The van der Waals surface area contributed by atoms with Gasteiger partial charge in [-0.25, -0.2) is 4.98 Å². The van der Waals surface area contributed by atoms with E-state index in [0.29, 0.717) is 17.3 Å². The molecule has 0 atom stereocenters. The molecular weight excluding hydrogens is 376 g/mol. The normalized spacial score (nSPS) is 12.3. The van der Waals surface area contributed by atoms with E-state index in [2.05, 4.69) is 4.98 Å². The van der Waals surface area contributed by atoms with Crippen LogP contribution in [-0.4, -0.2) is 10.1 Å². The van der Waals surface area contributed by atoms with E-state index in [0.717, 1.165) is 33.8 Å². The van der Waals surface area contributed by atoms with E-state index in [9.17, 15) is 5.11 Å². The number of hydrogen-bond donors (Lipinski definition) is 1. The summed E-state index contributed by atoms with van der Waals surface area (Å²) < 4.78 is 11.9. The van der Waals surface area contributed by atoms with Crippen molar-refractivity contribution < 1.29 is 14.3 Å². The molecule has 2 heterocycles. The lowest BCUT2D eigenvalue weighted by Crippen LogP contribution is -2.15. The Morgan fingerprint density at radius 1 is 0.733 bits per heavy atom. The fourth-order valence-corrected chi connectivity index (χ4v) is 3.80. The van der Waals surface area contributed by atoms with Gasteiger partial charge in [0.1, 0.15) is 17.0 Å². The molecule has 0 unspecified atom stereocenters. The molecular formula is C25H16N2O3. The Balaban J connectivity index is 1.46. The number of oxazole rings is 1. The Bertz CT molecular complexity index is 1360. The second-order valence-corrected chi connectivity index (χ2v) is 7.06. The number of phenolic OH excluding ortho intramolecular Hbond substituents is 1. The fraction of sp³-hybridized carbons (Fsp3) is 0. The molecule has 1 aliphatic heterocycles. The van der Waals surface area contributed by atoms with E-state index in [1.807, 2.05) is 83.8 Å². The van der Waals surface area contributed by atoms with Crippen LogP contribution in [0, 0.1) is 0 Å². The smallest absolute Gasteiger partial charge is 0.227 e. The minimum Gasteiger partial charge on any atom is -0.506 e. The highest BCUT2D eigenvalue weighted by Crippen LogP contribution is 2.53. The molecule has 0 saturated heterocycles. The number of benzene rings is 4. The Morgan fingerprint density at radius 3 is 2.37 bits per heavy atom. The van der Waals surface area contributed by atoms with Crippen molar-refractivity contribution in [2.75, 3.05) is 4.90 Å². The maximum Gasteiger partial charge on any atom is 0.227 e. The van der Waals surface area contributed by atoms with Crippen LogP contribution in [0.5, 0.6) is 17.2 Å². The number of para-hydroxylation sites is 5. The SMILES string of the molecule is Oc1cccc2c1N(c1ccc(-c3nc4ccccc4o3)cc1)c1ccccc1O2. The largest absolute Gasteiger partial charge is 0.506 e. The number of nitrogens with zero attached hydrogens (tertiary/aromatic N) is 2. The summed E-state index contributed by atoms with van der Waals surface area (Å²) in [6, 6.07) is 28.7. The van der Waals surface area contributed by atoms with Crippen molar-refractivity contribution in [2.45, 2.75) is 0 Å². The van der Waals surface area contributed by atoms with Gasteiger partial charge in [0.05, 0.1) is 5.69 Å². The maximum absolute atomic E-state index is 10.6. The number of ether oxygens (including phenoxy) is 1. The average molecular weight is 392 g/mol. The van der Waals surface area contributed by atoms with Crippen molar-refractivity contribution in [3.63, 3.8) is 0 Å². The average Bonchev–Trinajstić information content (AvgIpc) is 3.22. The van der Waals surface area contributed by atoms with Gasteiger partial charge in [0.15, 0.2) is 17.1 Å². The van der Waals surface area contributed by atoms with Gasteiger partial charge >= 0.3 is 0 Å². The second kappa shape index (κ2) is 6.39. The molecule has 5 nitrogen and oxygen atoms in total. The standard InChI is InChI=1S/C25H16N2O3/c28-20-8-5-11-23-24(20)27(19-7-2-4-10-22(19)29-23)17-14-12-16(13-15-17)25-26-18-6-1-3-9-21(18)30-25/h1-15,28H. The molecule has 0 spiro atoms. The topological polar surface area (TPSA) is 58.7 Å². The van der Waals surface area contributed by atoms with Gasteiger partial charge in [0.25, 0.3) is 0 Å². The summed E-state index contributed by atoms with van der Waals surface area (Å²) in [6.45, 7) is 0. The zero-order valence-electron chi connectivity index (χ0n) is 15.8. The molecule has 0 saturated carbocycles. The van der Waals surface area contributed by atoms with E-state index >= 15 is 0 Å². The first-order chi connectivity index (χ1) is 14.8. The van der Waals surface area contributed by atoms with Crippen LogP contribution in [-0.2, 0) is 0 Å². The number of aromatic nitrogens is 1.